The normalized spacial score (nSPS) is 26.3. The van der Waals surface area contributed by atoms with E-state index in [4.69, 9.17) is 10.5 Å². The monoisotopic (exact) mass is 179 g/mol. The van der Waals surface area contributed by atoms with Gasteiger partial charge in [0.05, 0.1) is 6.10 Å². The van der Waals surface area contributed by atoms with Crippen molar-refractivity contribution in [2.24, 2.45) is 5.73 Å². The topological polar surface area (TPSA) is 55.5 Å². The van der Waals surface area contributed by atoms with Crippen LogP contribution in [0.1, 0.15) is 24.9 Å². The molecule has 0 radical (unpaired) electrons. The summed E-state index contributed by atoms with van der Waals surface area (Å²) < 4.78 is 5.54. The van der Waals surface area contributed by atoms with Gasteiger partial charge in [0.1, 0.15) is 11.5 Å². The van der Waals surface area contributed by atoms with Gasteiger partial charge >= 0.3 is 0 Å². The third-order valence-electron chi connectivity index (χ3n) is 2.31. The van der Waals surface area contributed by atoms with Gasteiger partial charge < -0.3 is 15.6 Å². The third kappa shape index (κ3) is 1.47. The molecule has 0 aromatic heterocycles. The Hall–Kier alpha value is -1.22. The number of ether oxygens (including phenoxy) is 1. The highest BCUT2D eigenvalue weighted by Crippen LogP contribution is 2.35. The Morgan fingerprint density at radius 3 is 3.08 bits per heavy atom. The van der Waals surface area contributed by atoms with Crippen molar-refractivity contribution < 1.29 is 9.84 Å². The molecule has 3 nitrogen and oxygen atoms in total. The SMILES string of the molecule is CC1CC(N)c2ccc(O)cc2O1. The fraction of sp³-hybridized carbons (Fsp3) is 0.400. The molecule has 1 aromatic rings. The first-order chi connectivity index (χ1) is 6.16. The van der Waals surface area contributed by atoms with Crippen LogP contribution >= 0.6 is 0 Å². The molecule has 13 heavy (non-hydrogen) atoms. The first-order valence-corrected chi connectivity index (χ1v) is 4.42. The smallest absolute Gasteiger partial charge is 0.128 e. The van der Waals surface area contributed by atoms with Gasteiger partial charge in [0, 0.05) is 24.1 Å². The number of fused-ring (bicyclic) bond motifs is 1. The minimum absolute atomic E-state index is 0.0272. The zero-order valence-electron chi connectivity index (χ0n) is 7.53. The molecule has 0 saturated heterocycles. The quantitative estimate of drug-likeness (QED) is 0.635. The number of benzene rings is 1. The fourth-order valence-electron chi connectivity index (χ4n) is 1.68. The lowest BCUT2D eigenvalue weighted by Crippen LogP contribution is -2.27. The van der Waals surface area contributed by atoms with Crippen LogP contribution in [0.3, 0.4) is 0 Å². The van der Waals surface area contributed by atoms with Crippen LogP contribution in [-0.4, -0.2) is 11.2 Å². The van der Waals surface area contributed by atoms with Crippen LogP contribution in [0.25, 0.3) is 0 Å². The maximum Gasteiger partial charge on any atom is 0.128 e. The van der Waals surface area contributed by atoms with Crippen molar-refractivity contribution in [1.82, 2.24) is 0 Å². The van der Waals surface area contributed by atoms with Crippen molar-refractivity contribution in [1.29, 1.82) is 0 Å². The van der Waals surface area contributed by atoms with E-state index in [1.165, 1.54) is 0 Å². The minimum Gasteiger partial charge on any atom is -0.508 e. The number of nitrogens with two attached hydrogens (primary N) is 1. The first-order valence-electron chi connectivity index (χ1n) is 4.42. The Balaban J connectivity index is 2.43. The van der Waals surface area contributed by atoms with Crippen molar-refractivity contribution in [2.45, 2.75) is 25.5 Å². The molecule has 2 atom stereocenters. The summed E-state index contributed by atoms with van der Waals surface area (Å²) in [4.78, 5) is 0. The molecule has 0 fully saturated rings. The Labute approximate surface area is 77.1 Å². The predicted molar refractivity (Wildman–Crippen MR) is 49.7 cm³/mol. The number of aromatic hydroxyl groups is 1. The van der Waals surface area contributed by atoms with E-state index in [1.54, 1.807) is 12.1 Å². The van der Waals surface area contributed by atoms with Crippen LogP contribution in [0, 0.1) is 0 Å². The third-order valence-corrected chi connectivity index (χ3v) is 2.31. The van der Waals surface area contributed by atoms with E-state index in [2.05, 4.69) is 0 Å². The summed E-state index contributed by atoms with van der Waals surface area (Å²) in [5.74, 6) is 0.936. The van der Waals surface area contributed by atoms with Crippen molar-refractivity contribution in [2.75, 3.05) is 0 Å². The van der Waals surface area contributed by atoms with Gasteiger partial charge in [-0.15, -0.1) is 0 Å². The maximum atomic E-state index is 9.24. The molecule has 1 aromatic carbocycles. The number of rotatable bonds is 0. The van der Waals surface area contributed by atoms with E-state index in [0.717, 1.165) is 12.0 Å². The largest absolute Gasteiger partial charge is 0.508 e. The summed E-state index contributed by atoms with van der Waals surface area (Å²) >= 11 is 0. The molecular weight excluding hydrogens is 166 g/mol. The lowest BCUT2D eigenvalue weighted by Gasteiger charge is -2.27. The highest BCUT2D eigenvalue weighted by molar-refractivity contribution is 5.43. The second-order valence-corrected chi connectivity index (χ2v) is 3.49. The molecular formula is C10H13NO2. The van der Waals surface area contributed by atoms with Gasteiger partial charge in [-0.05, 0) is 13.0 Å². The summed E-state index contributed by atoms with van der Waals surface area (Å²) in [6, 6.07) is 5.10. The summed E-state index contributed by atoms with van der Waals surface area (Å²) in [5.41, 5.74) is 6.91. The average molecular weight is 179 g/mol. The van der Waals surface area contributed by atoms with Crippen molar-refractivity contribution in [3.05, 3.63) is 23.8 Å². The predicted octanol–water partition coefficient (Wildman–Crippen LogP) is 1.56. The lowest BCUT2D eigenvalue weighted by molar-refractivity contribution is 0.176. The van der Waals surface area contributed by atoms with E-state index in [-0.39, 0.29) is 17.9 Å². The van der Waals surface area contributed by atoms with E-state index in [1.807, 2.05) is 13.0 Å². The molecule has 0 aliphatic carbocycles. The molecule has 1 heterocycles. The average Bonchev–Trinajstić information content (AvgIpc) is 2.02. The van der Waals surface area contributed by atoms with Gasteiger partial charge in [-0.1, -0.05) is 6.07 Å². The fourth-order valence-corrected chi connectivity index (χ4v) is 1.68. The zero-order valence-corrected chi connectivity index (χ0v) is 7.53. The standard InChI is InChI=1S/C10H13NO2/c1-6-4-9(11)8-3-2-7(12)5-10(8)13-6/h2-3,5-6,9,12H,4,11H2,1H3. The van der Waals surface area contributed by atoms with E-state index < -0.39 is 0 Å². The minimum atomic E-state index is 0.0272. The van der Waals surface area contributed by atoms with Crippen LogP contribution in [0.4, 0.5) is 0 Å². The van der Waals surface area contributed by atoms with Gasteiger partial charge in [0.25, 0.3) is 0 Å². The molecule has 0 amide bonds. The van der Waals surface area contributed by atoms with Gasteiger partial charge in [-0.25, -0.2) is 0 Å². The van der Waals surface area contributed by atoms with Crippen molar-refractivity contribution in [3.63, 3.8) is 0 Å². The van der Waals surface area contributed by atoms with Crippen LogP contribution in [-0.2, 0) is 0 Å². The maximum absolute atomic E-state index is 9.24. The van der Waals surface area contributed by atoms with Crippen molar-refractivity contribution >= 4 is 0 Å². The number of phenolic OH excluding ortho intramolecular Hbond substituents is 1. The van der Waals surface area contributed by atoms with Gasteiger partial charge in [0.15, 0.2) is 0 Å². The van der Waals surface area contributed by atoms with Gasteiger partial charge in [-0.3, -0.25) is 0 Å². The summed E-state index contributed by atoms with van der Waals surface area (Å²) in [7, 11) is 0. The highest BCUT2D eigenvalue weighted by Gasteiger charge is 2.22. The van der Waals surface area contributed by atoms with Crippen LogP contribution in [0.15, 0.2) is 18.2 Å². The van der Waals surface area contributed by atoms with E-state index >= 15 is 0 Å². The van der Waals surface area contributed by atoms with Crippen LogP contribution in [0.2, 0.25) is 0 Å². The Morgan fingerprint density at radius 2 is 2.31 bits per heavy atom. The van der Waals surface area contributed by atoms with Crippen molar-refractivity contribution in [3.8, 4) is 11.5 Å². The van der Waals surface area contributed by atoms with Crippen LogP contribution in [0.5, 0.6) is 11.5 Å². The molecule has 2 rings (SSSR count). The number of hydrogen-bond donors (Lipinski definition) is 2. The lowest BCUT2D eigenvalue weighted by atomic mass is 9.98. The summed E-state index contributed by atoms with van der Waals surface area (Å²) in [6.07, 6.45) is 0.960. The second kappa shape index (κ2) is 2.92. The van der Waals surface area contributed by atoms with Crippen LogP contribution < -0.4 is 10.5 Å². The van der Waals surface area contributed by atoms with Gasteiger partial charge in [-0.2, -0.15) is 0 Å². The second-order valence-electron chi connectivity index (χ2n) is 3.49. The molecule has 1 aliphatic heterocycles. The number of phenols is 1. The molecule has 1 aliphatic rings. The Kier molecular flexibility index (Phi) is 1.88. The zero-order chi connectivity index (χ0) is 9.42. The summed E-state index contributed by atoms with van der Waals surface area (Å²) in [6.45, 7) is 1.98. The molecule has 0 spiro atoms. The van der Waals surface area contributed by atoms with E-state index in [9.17, 15) is 5.11 Å². The summed E-state index contributed by atoms with van der Waals surface area (Å²) in [5, 5.41) is 9.24. The molecule has 70 valence electrons. The highest BCUT2D eigenvalue weighted by atomic mass is 16.5. The molecule has 0 saturated carbocycles. The first kappa shape index (κ1) is 8.38. The molecule has 3 heteroatoms. The van der Waals surface area contributed by atoms with E-state index in [0.29, 0.717) is 5.75 Å². The Morgan fingerprint density at radius 1 is 1.54 bits per heavy atom. The molecule has 0 bridgehead atoms. The van der Waals surface area contributed by atoms with Gasteiger partial charge in [0.2, 0.25) is 0 Å². The number of hydrogen-bond acceptors (Lipinski definition) is 3. The molecule has 3 N–H and O–H groups in total. The Bertz CT molecular complexity index is 325. The molecule has 2 unspecified atom stereocenters.